The second kappa shape index (κ2) is 18.0. The predicted octanol–water partition coefficient (Wildman–Crippen LogP) is -1.36. The molecule has 0 aliphatic carbocycles. The average Bonchev–Trinajstić information content (AvgIpc) is 3.59. The highest BCUT2D eigenvalue weighted by Crippen LogP contribution is 2.22. The van der Waals surface area contributed by atoms with Crippen LogP contribution in [0.4, 0.5) is 5.95 Å². The maximum Gasteiger partial charge on any atom is 0.335 e. The van der Waals surface area contributed by atoms with Crippen LogP contribution < -0.4 is 16.6 Å². The normalized spacial score (nSPS) is 20.4. The molecule has 5 rings (SSSR count). The lowest BCUT2D eigenvalue weighted by Gasteiger charge is -2.38. The SMILES string of the molecule is CC(=O)[C@H](Cc1cn(CCOC2OC(C(=O)O)C(O)[C@H](O)[C@@H]2O)nn1)NC(=O)CCCCC(=O)c1ccc(CCc2cnc3nc(N)[nH]c(=O)c3n2)cc1. The van der Waals surface area contributed by atoms with Gasteiger partial charge in [-0.15, -0.1) is 5.10 Å². The van der Waals surface area contributed by atoms with Gasteiger partial charge in [-0.1, -0.05) is 29.5 Å². The van der Waals surface area contributed by atoms with Crippen molar-refractivity contribution in [1.29, 1.82) is 0 Å². The fourth-order valence-corrected chi connectivity index (χ4v) is 5.70. The third-order valence-corrected chi connectivity index (χ3v) is 8.73. The minimum absolute atomic E-state index is 0.0311. The molecule has 54 heavy (non-hydrogen) atoms. The van der Waals surface area contributed by atoms with Crippen molar-refractivity contribution in [2.24, 2.45) is 0 Å². The molecule has 288 valence electrons. The number of nitrogens with one attached hydrogen (secondary N) is 2. The molecule has 20 nitrogen and oxygen atoms in total. The predicted molar refractivity (Wildman–Crippen MR) is 186 cm³/mol. The summed E-state index contributed by atoms with van der Waals surface area (Å²) in [5.41, 5.74) is 7.90. The lowest BCUT2D eigenvalue weighted by atomic mass is 9.99. The molecule has 1 aromatic carbocycles. The third kappa shape index (κ3) is 10.3. The van der Waals surface area contributed by atoms with Crippen LogP contribution in [0.15, 0.2) is 41.5 Å². The van der Waals surface area contributed by atoms with Gasteiger partial charge >= 0.3 is 5.97 Å². The molecule has 4 aromatic rings. The number of aromatic nitrogens is 7. The number of rotatable bonds is 18. The number of carbonyl (C=O) groups excluding carboxylic acids is 3. The standard InChI is InChI=1S/C34H41N9O11/c1-17(44)22(14-21-16-43(42-41-21)12-13-53-33-28(49)26(47)27(48)29(54-33)32(51)52)38-24(46)5-3-2-4-23(45)19-9-6-18(7-10-19)8-11-20-15-36-30-25(37-20)31(50)40-34(35)39-30/h6-7,9-10,15-16,22,26-29,33,47-49H,2-5,8,11-14H2,1H3,(H,38,46)(H,51,52)(H3,35,36,39,40,50)/t22-,26-,27?,28-,29?,33?/m0/s1. The Balaban J connectivity index is 1.00. The van der Waals surface area contributed by atoms with Gasteiger partial charge in [0.2, 0.25) is 11.9 Å². The molecule has 4 heterocycles. The van der Waals surface area contributed by atoms with Gasteiger partial charge in [-0.05, 0) is 38.2 Å². The van der Waals surface area contributed by atoms with Crippen molar-refractivity contribution in [3.63, 3.8) is 0 Å². The van der Waals surface area contributed by atoms with Crippen molar-refractivity contribution in [3.05, 3.63) is 69.5 Å². The Hall–Kier alpha value is -5.54. The molecular weight excluding hydrogens is 710 g/mol. The number of carbonyl (C=O) groups is 4. The van der Waals surface area contributed by atoms with Crippen LogP contribution in [0.1, 0.15) is 59.9 Å². The van der Waals surface area contributed by atoms with Crippen LogP contribution >= 0.6 is 0 Å². The molecule has 6 atom stereocenters. The van der Waals surface area contributed by atoms with Crippen LogP contribution in [0.25, 0.3) is 11.2 Å². The summed E-state index contributed by atoms with van der Waals surface area (Å²) in [7, 11) is 0. The number of ether oxygens (including phenoxy) is 2. The van der Waals surface area contributed by atoms with E-state index in [1.165, 1.54) is 17.8 Å². The highest BCUT2D eigenvalue weighted by Gasteiger charge is 2.47. The van der Waals surface area contributed by atoms with Gasteiger partial charge in [0.1, 0.15) is 18.3 Å². The lowest BCUT2D eigenvalue weighted by Crippen LogP contribution is -2.60. The highest BCUT2D eigenvalue weighted by molar-refractivity contribution is 5.96. The number of H-pyrrole nitrogens is 1. The minimum atomic E-state index is -1.84. The van der Waals surface area contributed by atoms with E-state index in [1.54, 1.807) is 18.3 Å². The monoisotopic (exact) mass is 751 g/mol. The molecule has 0 spiro atoms. The summed E-state index contributed by atoms with van der Waals surface area (Å²) in [6, 6.07) is 6.34. The number of aromatic amines is 1. The second-order valence-electron chi connectivity index (χ2n) is 12.8. The Morgan fingerprint density at radius 3 is 2.48 bits per heavy atom. The van der Waals surface area contributed by atoms with Crippen molar-refractivity contribution in [2.75, 3.05) is 12.3 Å². The van der Waals surface area contributed by atoms with Crippen LogP contribution in [-0.4, -0.2) is 122 Å². The average molecular weight is 752 g/mol. The molecule has 1 saturated heterocycles. The van der Waals surface area contributed by atoms with Gasteiger partial charge in [-0.3, -0.25) is 24.2 Å². The Bertz CT molecular complexity index is 2020. The molecule has 0 bridgehead atoms. The molecule has 0 saturated carbocycles. The maximum absolute atomic E-state index is 12.8. The number of unbranched alkanes of at least 4 members (excludes halogenated alkanes) is 1. The Kier molecular flexibility index (Phi) is 13.2. The first-order chi connectivity index (χ1) is 25.8. The number of amides is 1. The van der Waals surface area contributed by atoms with Gasteiger partial charge in [-0.2, -0.15) is 4.98 Å². The molecule has 1 amide bonds. The second-order valence-corrected chi connectivity index (χ2v) is 12.8. The molecule has 1 aliphatic heterocycles. The summed E-state index contributed by atoms with van der Waals surface area (Å²) >= 11 is 0. The summed E-state index contributed by atoms with van der Waals surface area (Å²) in [5.74, 6) is -2.27. The van der Waals surface area contributed by atoms with Crippen molar-refractivity contribution >= 4 is 40.6 Å². The highest BCUT2D eigenvalue weighted by atomic mass is 16.7. The van der Waals surface area contributed by atoms with Crippen LogP contribution in [0, 0.1) is 0 Å². The van der Waals surface area contributed by atoms with E-state index >= 15 is 0 Å². The number of ketones is 2. The summed E-state index contributed by atoms with van der Waals surface area (Å²) in [5, 5.41) is 49.6. The number of benzene rings is 1. The Labute approximate surface area is 306 Å². The van der Waals surface area contributed by atoms with Crippen LogP contribution in [0.5, 0.6) is 0 Å². The lowest BCUT2D eigenvalue weighted by molar-refractivity contribution is -0.294. The number of carboxylic acids is 1. The summed E-state index contributed by atoms with van der Waals surface area (Å²) in [4.78, 5) is 76.0. The number of carboxylic acid groups (broad SMARTS) is 1. The van der Waals surface area contributed by atoms with E-state index in [9.17, 15) is 39.3 Å². The van der Waals surface area contributed by atoms with Gasteiger partial charge in [0.05, 0.1) is 36.8 Å². The molecule has 3 unspecified atom stereocenters. The van der Waals surface area contributed by atoms with Crippen molar-refractivity contribution in [2.45, 2.75) is 95.2 Å². The van der Waals surface area contributed by atoms with E-state index in [1.807, 2.05) is 12.1 Å². The number of Topliss-reactive ketones (excluding diaryl/α,β-unsaturated/α-hetero) is 2. The number of anilines is 1. The third-order valence-electron chi connectivity index (χ3n) is 8.73. The van der Waals surface area contributed by atoms with E-state index in [2.05, 4.69) is 35.6 Å². The number of nitrogens with zero attached hydrogens (tertiary/aromatic N) is 6. The number of nitrogens with two attached hydrogens (primary N) is 1. The van der Waals surface area contributed by atoms with Gasteiger partial charge < -0.3 is 41.0 Å². The van der Waals surface area contributed by atoms with E-state index in [0.29, 0.717) is 42.6 Å². The number of aliphatic carboxylic acids is 1. The molecule has 20 heteroatoms. The zero-order chi connectivity index (χ0) is 38.9. The van der Waals surface area contributed by atoms with Gasteiger partial charge in [0.25, 0.3) is 5.56 Å². The number of hydrogen-bond acceptors (Lipinski definition) is 16. The fourth-order valence-electron chi connectivity index (χ4n) is 5.70. The van der Waals surface area contributed by atoms with Gasteiger partial charge in [0.15, 0.2) is 35.1 Å². The minimum Gasteiger partial charge on any atom is -0.479 e. The smallest absolute Gasteiger partial charge is 0.335 e. The van der Waals surface area contributed by atoms with E-state index in [-0.39, 0.29) is 67.0 Å². The summed E-state index contributed by atoms with van der Waals surface area (Å²) in [6.07, 6.45) is -3.11. The van der Waals surface area contributed by atoms with Crippen LogP contribution in [0.2, 0.25) is 0 Å². The quantitative estimate of drug-likeness (QED) is 0.0456. The fraction of sp³-hybridized carbons (Fsp3) is 0.471. The maximum atomic E-state index is 12.8. The largest absolute Gasteiger partial charge is 0.479 e. The van der Waals surface area contributed by atoms with Crippen LogP contribution in [0.3, 0.4) is 0 Å². The Morgan fingerprint density at radius 1 is 1.02 bits per heavy atom. The van der Waals surface area contributed by atoms with E-state index < -0.39 is 48.3 Å². The molecule has 8 N–H and O–H groups in total. The molecule has 1 aliphatic rings. The van der Waals surface area contributed by atoms with Crippen molar-refractivity contribution in [1.82, 2.24) is 40.2 Å². The summed E-state index contributed by atoms with van der Waals surface area (Å²) in [6.45, 7) is 1.28. The Morgan fingerprint density at radius 2 is 1.76 bits per heavy atom. The van der Waals surface area contributed by atoms with E-state index in [0.717, 1.165) is 5.56 Å². The summed E-state index contributed by atoms with van der Waals surface area (Å²) < 4.78 is 11.8. The number of fused-ring (bicyclic) bond motifs is 1. The first-order valence-electron chi connectivity index (χ1n) is 17.2. The van der Waals surface area contributed by atoms with E-state index in [4.69, 9.17) is 20.3 Å². The van der Waals surface area contributed by atoms with Crippen molar-refractivity contribution in [3.8, 4) is 0 Å². The number of aryl methyl sites for hydroxylation is 2. The zero-order valence-corrected chi connectivity index (χ0v) is 29.2. The number of aliphatic hydroxyl groups is 3. The topological polar surface area (TPSA) is 308 Å². The number of hydrogen-bond donors (Lipinski definition) is 7. The zero-order valence-electron chi connectivity index (χ0n) is 29.2. The van der Waals surface area contributed by atoms with Gasteiger partial charge in [-0.25, -0.2) is 19.4 Å². The molecule has 0 radical (unpaired) electrons. The van der Waals surface area contributed by atoms with Crippen molar-refractivity contribution < 1.29 is 49.1 Å². The molecule has 1 fully saturated rings. The number of nitrogen functional groups attached to an aromatic ring is 1. The molecule has 3 aromatic heterocycles. The van der Waals surface area contributed by atoms with Crippen LogP contribution in [-0.2, 0) is 49.7 Å². The molecular formula is C34H41N9O11. The first kappa shape index (κ1) is 39.7. The van der Waals surface area contributed by atoms with Gasteiger partial charge in [0, 0.05) is 31.0 Å². The first-order valence-corrected chi connectivity index (χ1v) is 17.2. The number of aliphatic hydroxyl groups excluding tert-OH is 3.